The first-order valence-corrected chi connectivity index (χ1v) is 19.4. The number of aliphatic imine (C=N–C) groups is 2. The van der Waals surface area contributed by atoms with Crippen LogP contribution in [0.2, 0.25) is 0 Å². The van der Waals surface area contributed by atoms with E-state index in [1.807, 2.05) is 0 Å². The Balaban J connectivity index is 1.35. The zero-order valence-electron chi connectivity index (χ0n) is 32.5. The summed E-state index contributed by atoms with van der Waals surface area (Å²) in [5.74, 6) is -2.74. The first-order chi connectivity index (χ1) is 28.1. The van der Waals surface area contributed by atoms with Gasteiger partial charge in [-0.2, -0.15) is 0 Å². The average Bonchev–Trinajstić information content (AvgIpc) is 3.22. The number of alkyl carbamates (subject to hydrolysis) is 2. The minimum Gasteiger partial charge on any atom is -0.447 e. The maximum absolute atomic E-state index is 12.4. The van der Waals surface area contributed by atoms with Crippen LogP contribution in [0.4, 0.5) is 9.59 Å². The summed E-state index contributed by atoms with van der Waals surface area (Å²) in [4.78, 5) is 81.6. The van der Waals surface area contributed by atoms with Crippen LogP contribution in [0.1, 0.15) is 58.3 Å². The van der Waals surface area contributed by atoms with E-state index in [1.54, 1.807) is 6.92 Å². The molecule has 2 heterocycles. The maximum atomic E-state index is 12.4. The van der Waals surface area contributed by atoms with Crippen molar-refractivity contribution in [1.82, 2.24) is 21.3 Å². The SMILES string of the molecule is CCN=C1C(=O)C(=O)C1=NC(COC(=O)NCCCCCC(=O)N[C@@H]1O[C@H](CO)[C@H](O)[C@H](O)[C@H]1O)COC(=O)NCCCCCC(=O)N[C@@H]1O[C@H](CO)[C@H](O)[C@H](O)[C@H]1O. The molecule has 24 heteroatoms. The van der Waals surface area contributed by atoms with E-state index >= 15 is 0 Å². The van der Waals surface area contributed by atoms with Crippen LogP contribution in [0.25, 0.3) is 0 Å². The molecule has 0 aromatic carbocycles. The number of nitrogens with zero attached hydrogens (tertiary/aromatic N) is 2. The van der Waals surface area contributed by atoms with Gasteiger partial charge >= 0.3 is 12.2 Å². The number of unbranched alkanes of at least 4 members (excludes halogenated alkanes) is 4. The van der Waals surface area contributed by atoms with Gasteiger partial charge in [-0.3, -0.25) is 29.2 Å². The van der Waals surface area contributed by atoms with Gasteiger partial charge in [0, 0.05) is 32.5 Å². The van der Waals surface area contributed by atoms with E-state index in [0.717, 1.165) is 0 Å². The van der Waals surface area contributed by atoms with Gasteiger partial charge in [0.15, 0.2) is 12.5 Å². The van der Waals surface area contributed by atoms with Crippen molar-refractivity contribution < 1.29 is 88.6 Å². The van der Waals surface area contributed by atoms with Gasteiger partial charge in [0.2, 0.25) is 11.8 Å². The highest BCUT2D eigenvalue weighted by atomic mass is 16.6. The largest absolute Gasteiger partial charge is 0.447 e. The van der Waals surface area contributed by atoms with Gasteiger partial charge in [-0.05, 0) is 32.6 Å². The number of aliphatic hydroxyl groups is 8. The van der Waals surface area contributed by atoms with Crippen LogP contribution in [0, 0.1) is 0 Å². The monoisotopic (exact) mass is 848 g/mol. The summed E-state index contributed by atoms with van der Waals surface area (Å²) in [6.07, 6.45) is -13.7. The molecule has 24 nitrogen and oxygen atoms in total. The Morgan fingerprint density at radius 2 is 1.05 bits per heavy atom. The molecule has 3 fully saturated rings. The van der Waals surface area contributed by atoms with E-state index in [2.05, 4.69) is 31.3 Å². The van der Waals surface area contributed by atoms with Crippen LogP contribution in [0.3, 0.4) is 0 Å². The number of ketones is 2. The number of rotatable bonds is 22. The Morgan fingerprint density at radius 1 is 0.627 bits per heavy atom. The van der Waals surface area contributed by atoms with Crippen molar-refractivity contribution in [2.75, 3.05) is 46.1 Å². The predicted molar refractivity (Wildman–Crippen MR) is 199 cm³/mol. The van der Waals surface area contributed by atoms with Crippen LogP contribution in [-0.4, -0.2) is 201 Å². The van der Waals surface area contributed by atoms with E-state index in [4.69, 9.17) is 18.9 Å². The fourth-order valence-electron chi connectivity index (χ4n) is 6.00. The fraction of sp³-hybridized carbons (Fsp3) is 0.771. The maximum Gasteiger partial charge on any atom is 0.407 e. The second-order valence-electron chi connectivity index (χ2n) is 13.9. The summed E-state index contributed by atoms with van der Waals surface area (Å²) in [7, 11) is 0. The quantitative estimate of drug-likeness (QED) is 0.0358. The molecule has 0 unspecified atom stereocenters. The lowest BCUT2D eigenvalue weighted by molar-refractivity contribution is -0.236. The van der Waals surface area contributed by atoms with Crippen LogP contribution in [-0.2, 0) is 38.1 Å². The lowest BCUT2D eigenvalue weighted by Crippen LogP contribution is -2.63. The van der Waals surface area contributed by atoms with Gasteiger partial charge < -0.3 is 81.1 Å². The molecule has 12 N–H and O–H groups in total. The third kappa shape index (κ3) is 14.8. The molecule has 0 spiro atoms. The van der Waals surface area contributed by atoms with Crippen molar-refractivity contribution in [3.05, 3.63) is 0 Å². The Bertz CT molecular complexity index is 1420. The first kappa shape index (κ1) is 49.1. The number of ether oxygens (including phenoxy) is 4. The Hall–Kier alpha value is -4.24. The van der Waals surface area contributed by atoms with Crippen molar-refractivity contribution in [1.29, 1.82) is 0 Å². The normalized spacial score (nSPS) is 29.5. The second-order valence-corrected chi connectivity index (χ2v) is 13.9. The minimum atomic E-state index is -1.63. The predicted octanol–water partition coefficient (Wildman–Crippen LogP) is -5.19. The number of carbonyl (C=O) groups is 6. The topological polar surface area (TPSA) is 374 Å². The highest BCUT2D eigenvalue weighted by Gasteiger charge is 2.45. The van der Waals surface area contributed by atoms with E-state index in [1.165, 1.54) is 0 Å². The Labute approximate surface area is 338 Å². The Morgan fingerprint density at radius 3 is 1.46 bits per heavy atom. The molecule has 3 rings (SSSR count). The molecule has 4 amide bonds. The molecule has 0 aromatic heterocycles. The number of carbonyl (C=O) groups excluding carboxylic acids is 6. The number of aliphatic hydroxyl groups excluding tert-OH is 8. The molecule has 0 aromatic rings. The van der Waals surface area contributed by atoms with Gasteiger partial charge in [-0.1, -0.05) is 12.8 Å². The van der Waals surface area contributed by atoms with Crippen LogP contribution < -0.4 is 21.3 Å². The summed E-state index contributed by atoms with van der Waals surface area (Å²) in [6, 6.07) is -1.09. The van der Waals surface area contributed by atoms with Crippen molar-refractivity contribution >= 4 is 47.0 Å². The molecule has 59 heavy (non-hydrogen) atoms. The molecule has 0 bridgehead atoms. The summed E-state index contributed by atoms with van der Waals surface area (Å²) in [5, 5.41) is 87.9. The van der Waals surface area contributed by atoms with Crippen molar-refractivity contribution in [3.8, 4) is 0 Å². The molecule has 3 aliphatic rings. The van der Waals surface area contributed by atoms with Gasteiger partial charge in [0.05, 0.1) is 13.2 Å². The molecular formula is C35H56N6O18. The van der Waals surface area contributed by atoms with E-state index in [9.17, 15) is 69.6 Å². The van der Waals surface area contributed by atoms with Gasteiger partial charge in [-0.15, -0.1) is 0 Å². The third-order valence-corrected chi connectivity index (χ3v) is 9.39. The highest BCUT2D eigenvalue weighted by molar-refractivity contribution is 7.10. The first-order valence-electron chi connectivity index (χ1n) is 19.4. The van der Waals surface area contributed by atoms with Crippen LogP contribution in [0.5, 0.6) is 0 Å². The number of amides is 4. The highest BCUT2D eigenvalue weighted by Crippen LogP contribution is 2.21. The lowest BCUT2D eigenvalue weighted by Gasteiger charge is -2.40. The van der Waals surface area contributed by atoms with Crippen LogP contribution >= 0.6 is 0 Å². The van der Waals surface area contributed by atoms with E-state index in [-0.39, 0.29) is 43.9 Å². The number of Topliss-reactive ketones (excluding diaryl/α,β-unsaturated/α-hetero) is 2. The molecule has 1 saturated carbocycles. The lowest BCUT2D eigenvalue weighted by atomic mass is 9.90. The molecule has 0 radical (unpaired) electrons. The van der Waals surface area contributed by atoms with E-state index < -0.39 is 129 Å². The summed E-state index contributed by atoms with van der Waals surface area (Å²) in [5.41, 5.74) is -0.374. The molecule has 334 valence electrons. The molecule has 2 aliphatic heterocycles. The molecule has 1 aliphatic carbocycles. The van der Waals surface area contributed by atoms with Gasteiger partial charge in [-0.25, -0.2) is 9.59 Å². The number of hydrogen-bond acceptors (Lipinski definition) is 20. The van der Waals surface area contributed by atoms with Crippen molar-refractivity contribution in [2.45, 2.75) is 126 Å². The van der Waals surface area contributed by atoms with Crippen molar-refractivity contribution in [2.24, 2.45) is 9.98 Å². The number of hydrogen-bond donors (Lipinski definition) is 12. The van der Waals surface area contributed by atoms with Gasteiger partial charge in [0.25, 0.3) is 11.6 Å². The standard InChI is InChI=1S/C35H56N6O18/c1-2-36-22-23(27(49)26(22)48)39-17(15-56-34(54)37-11-7-3-5-9-20(44)40-32-30(52)28(50)24(46)18(13-42)58-32)16-57-35(55)38-12-8-4-6-10-21(45)41-33-31(53)29(51)25(47)19(14-43)59-33/h17-19,24-25,28-33,42-43,46-47,50-53H,2-16H2,1H3,(H,37,54)(H,38,55)(H,40,44)(H,41,45)/t18-,19-,24+,25+,28+,29+,30-,31-,32-,33-/m1/s1. The summed E-state index contributed by atoms with van der Waals surface area (Å²) >= 11 is 0. The summed E-state index contributed by atoms with van der Waals surface area (Å²) in [6.45, 7) is -0.0388. The smallest absolute Gasteiger partial charge is 0.407 e. The minimum absolute atomic E-state index is 0.00941. The number of nitrogens with one attached hydrogen (secondary N) is 4. The summed E-state index contributed by atoms with van der Waals surface area (Å²) < 4.78 is 20.9. The molecule has 2 saturated heterocycles. The fourth-order valence-corrected chi connectivity index (χ4v) is 6.00. The van der Waals surface area contributed by atoms with Gasteiger partial charge in [0.1, 0.15) is 79.5 Å². The third-order valence-electron chi connectivity index (χ3n) is 9.39. The zero-order chi connectivity index (χ0) is 43.6. The zero-order valence-corrected chi connectivity index (χ0v) is 32.5. The second kappa shape index (κ2) is 24.7. The van der Waals surface area contributed by atoms with E-state index in [0.29, 0.717) is 38.5 Å². The molecular weight excluding hydrogens is 792 g/mol. The van der Waals surface area contributed by atoms with Crippen molar-refractivity contribution in [3.63, 3.8) is 0 Å². The Kier molecular flexibility index (Phi) is 20.6. The average molecular weight is 849 g/mol. The molecule has 10 atom stereocenters. The van der Waals surface area contributed by atoms with Crippen LogP contribution in [0.15, 0.2) is 9.98 Å².